The van der Waals surface area contributed by atoms with Crippen molar-refractivity contribution in [2.24, 2.45) is 0 Å². The van der Waals surface area contributed by atoms with Gasteiger partial charge in [-0.25, -0.2) is 17.8 Å². The van der Waals surface area contributed by atoms with Gasteiger partial charge in [-0.15, -0.1) is 0 Å². The molecule has 3 aromatic rings. The van der Waals surface area contributed by atoms with Crippen LogP contribution >= 0.6 is 0 Å². The van der Waals surface area contributed by atoms with Crippen LogP contribution in [0.2, 0.25) is 0 Å². The number of fused-ring (bicyclic) bond motifs is 1. The zero-order chi connectivity index (χ0) is 14.2. The molecule has 0 saturated heterocycles. The third-order valence-electron chi connectivity index (χ3n) is 2.71. The number of benzene rings is 2. The molecule has 5 nitrogen and oxygen atoms in total. The maximum atomic E-state index is 12.8. The van der Waals surface area contributed by atoms with Gasteiger partial charge in [-0.05, 0) is 42.5 Å². The second-order valence-electron chi connectivity index (χ2n) is 4.09. The van der Waals surface area contributed by atoms with Crippen molar-refractivity contribution < 1.29 is 17.2 Å². The van der Waals surface area contributed by atoms with Gasteiger partial charge >= 0.3 is 0 Å². The predicted molar refractivity (Wildman–Crippen MR) is 71.2 cm³/mol. The van der Waals surface area contributed by atoms with Gasteiger partial charge in [-0.1, -0.05) is 0 Å². The fourth-order valence-corrected chi connectivity index (χ4v) is 2.80. The van der Waals surface area contributed by atoms with Crippen LogP contribution in [0.5, 0.6) is 0 Å². The monoisotopic (exact) mass is 292 g/mol. The molecule has 102 valence electrons. The minimum Gasteiger partial charge on any atom is -0.443 e. The molecule has 0 spiro atoms. The zero-order valence-corrected chi connectivity index (χ0v) is 10.9. The van der Waals surface area contributed by atoms with Gasteiger partial charge in [-0.2, -0.15) is 0 Å². The van der Waals surface area contributed by atoms with Crippen molar-refractivity contribution in [3.05, 3.63) is 54.7 Å². The molecule has 0 unspecified atom stereocenters. The third-order valence-corrected chi connectivity index (χ3v) is 4.10. The van der Waals surface area contributed by atoms with Gasteiger partial charge < -0.3 is 4.42 Å². The fourth-order valence-electron chi connectivity index (χ4n) is 1.75. The molecule has 3 rings (SSSR count). The Kier molecular flexibility index (Phi) is 2.90. The van der Waals surface area contributed by atoms with E-state index in [-0.39, 0.29) is 4.90 Å². The van der Waals surface area contributed by atoms with Gasteiger partial charge in [0.05, 0.1) is 10.6 Å². The molecule has 0 saturated carbocycles. The van der Waals surface area contributed by atoms with E-state index >= 15 is 0 Å². The summed E-state index contributed by atoms with van der Waals surface area (Å²) in [5, 5.41) is 0. The Morgan fingerprint density at radius 1 is 1.10 bits per heavy atom. The van der Waals surface area contributed by atoms with E-state index in [4.69, 9.17) is 4.42 Å². The highest BCUT2D eigenvalue weighted by atomic mass is 32.2. The van der Waals surface area contributed by atoms with E-state index < -0.39 is 15.8 Å². The maximum absolute atomic E-state index is 12.8. The van der Waals surface area contributed by atoms with E-state index in [1.54, 1.807) is 18.2 Å². The van der Waals surface area contributed by atoms with E-state index in [2.05, 4.69) is 9.71 Å². The molecule has 20 heavy (non-hydrogen) atoms. The zero-order valence-electron chi connectivity index (χ0n) is 10.1. The Labute approximate surface area is 114 Å². The van der Waals surface area contributed by atoms with Gasteiger partial charge in [0.2, 0.25) is 0 Å². The first-order valence-corrected chi connectivity index (χ1v) is 7.14. The summed E-state index contributed by atoms with van der Waals surface area (Å²) in [6.07, 6.45) is 1.28. The number of hydrogen-bond donors (Lipinski definition) is 1. The molecule has 1 aromatic heterocycles. The van der Waals surface area contributed by atoms with Crippen molar-refractivity contribution in [1.29, 1.82) is 0 Å². The van der Waals surface area contributed by atoms with Gasteiger partial charge in [0.15, 0.2) is 12.0 Å². The number of nitrogens with zero attached hydrogens (tertiary/aromatic N) is 1. The minimum atomic E-state index is -3.76. The van der Waals surface area contributed by atoms with Crippen molar-refractivity contribution in [2.75, 3.05) is 4.72 Å². The summed E-state index contributed by atoms with van der Waals surface area (Å²) in [5.41, 5.74) is 1.47. The first-order chi connectivity index (χ1) is 9.54. The molecule has 0 aliphatic carbocycles. The van der Waals surface area contributed by atoms with Gasteiger partial charge in [0.1, 0.15) is 11.3 Å². The van der Waals surface area contributed by atoms with Crippen LogP contribution in [0.15, 0.2) is 58.2 Å². The first-order valence-electron chi connectivity index (χ1n) is 5.66. The lowest BCUT2D eigenvalue weighted by Gasteiger charge is -2.07. The summed E-state index contributed by atoms with van der Waals surface area (Å²) >= 11 is 0. The van der Waals surface area contributed by atoms with Crippen molar-refractivity contribution >= 4 is 26.8 Å². The number of aromatic nitrogens is 1. The van der Waals surface area contributed by atoms with E-state index in [0.29, 0.717) is 16.8 Å². The molecule has 0 bridgehead atoms. The number of halogens is 1. The Hall–Kier alpha value is -2.41. The molecule has 0 aliphatic heterocycles. The van der Waals surface area contributed by atoms with Crippen LogP contribution in [-0.4, -0.2) is 13.4 Å². The summed E-state index contributed by atoms with van der Waals surface area (Å²) in [4.78, 5) is 3.93. The van der Waals surface area contributed by atoms with Crippen molar-refractivity contribution in [2.45, 2.75) is 4.90 Å². The molecule has 0 amide bonds. The fraction of sp³-hybridized carbons (Fsp3) is 0. The molecule has 0 atom stereocenters. The molecule has 7 heteroatoms. The quantitative estimate of drug-likeness (QED) is 0.805. The number of sulfonamides is 1. The highest BCUT2D eigenvalue weighted by Gasteiger charge is 2.14. The van der Waals surface area contributed by atoms with E-state index in [1.165, 1.54) is 18.5 Å². The normalized spacial score (nSPS) is 11.7. The second kappa shape index (κ2) is 4.61. The number of anilines is 1. The number of nitrogens with one attached hydrogen (secondary N) is 1. The predicted octanol–water partition coefficient (Wildman–Crippen LogP) is 2.77. The van der Waals surface area contributed by atoms with Crippen LogP contribution in [0.3, 0.4) is 0 Å². The Balaban J connectivity index is 1.94. The Bertz CT molecular complexity index is 857. The third kappa shape index (κ3) is 2.35. The maximum Gasteiger partial charge on any atom is 0.261 e. The molecule has 2 aromatic carbocycles. The SMILES string of the molecule is O=S(=O)(Nc1ccc2ocnc2c1)c1ccc(F)cc1. The van der Waals surface area contributed by atoms with Crippen LogP contribution in [0, 0.1) is 5.82 Å². The van der Waals surface area contributed by atoms with E-state index in [0.717, 1.165) is 12.1 Å². The average Bonchev–Trinajstić information content (AvgIpc) is 2.86. The van der Waals surface area contributed by atoms with Gasteiger partial charge in [0, 0.05) is 0 Å². The standard InChI is InChI=1S/C13H9FN2O3S/c14-9-1-4-11(5-2-9)20(17,18)16-10-3-6-13-12(7-10)15-8-19-13/h1-8,16H. The Morgan fingerprint density at radius 3 is 2.60 bits per heavy atom. The van der Waals surface area contributed by atoms with Crippen LogP contribution in [0.25, 0.3) is 11.1 Å². The van der Waals surface area contributed by atoms with Crippen LogP contribution < -0.4 is 4.72 Å². The van der Waals surface area contributed by atoms with Crippen LogP contribution in [-0.2, 0) is 10.0 Å². The molecule has 1 heterocycles. The molecular formula is C13H9FN2O3S. The Morgan fingerprint density at radius 2 is 1.85 bits per heavy atom. The van der Waals surface area contributed by atoms with Crippen molar-refractivity contribution in [3.8, 4) is 0 Å². The lowest BCUT2D eigenvalue weighted by molar-refractivity contribution is 0.599. The minimum absolute atomic E-state index is 0.0147. The summed E-state index contributed by atoms with van der Waals surface area (Å²) in [5.74, 6) is -0.493. The largest absolute Gasteiger partial charge is 0.443 e. The smallest absolute Gasteiger partial charge is 0.261 e. The van der Waals surface area contributed by atoms with E-state index in [9.17, 15) is 12.8 Å². The first kappa shape index (κ1) is 12.6. The molecule has 1 N–H and O–H groups in total. The van der Waals surface area contributed by atoms with Crippen LogP contribution in [0.1, 0.15) is 0 Å². The van der Waals surface area contributed by atoms with Crippen molar-refractivity contribution in [1.82, 2.24) is 4.98 Å². The molecule has 0 fully saturated rings. The highest BCUT2D eigenvalue weighted by Crippen LogP contribution is 2.21. The lowest BCUT2D eigenvalue weighted by atomic mass is 10.3. The number of rotatable bonds is 3. The highest BCUT2D eigenvalue weighted by molar-refractivity contribution is 7.92. The summed E-state index contributed by atoms with van der Waals surface area (Å²) < 4.78 is 44.5. The summed E-state index contributed by atoms with van der Waals surface area (Å²) in [6.45, 7) is 0. The molecular weight excluding hydrogens is 283 g/mol. The number of hydrogen-bond acceptors (Lipinski definition) is 4. The second-order valence-corrected chi connectivity index (χ2v) is 5.78. The topological polar surface area (TPSA) is 72.2 Å². The molecule has 0 aliphatic rings. The van der Waals surface area contributed by atoms with Gasteiger partial charge in [-0.3, -0.25) is 4.72 Å². The van der Waals surface area contributed by atoms with E-state index in [1.807, 2.05) is 0 Å². The lowest BCUT2D eigenvalue weighted by Crippen LogP contribution is -2.12. The van der Waals surface area contributed by atoms with Crippen molar-refractivity contribution in [3.63, 3.8) is 0 Å². The average molecular weight is 292 g/mol. The molecule has 0 radical (unpaired) electrons. The van der Waals surface area contributed by atoms with Crippen LogP contribution in [0.4, 0.5) is 10.1 Å². The number of oxazole rings is 1. The summed E-state index contributed by atoms with van der Waals surface area (Å²) in [6, 6.07) is 9.32. The van der Waals surface area contributed by atoms with Gasteiger partial charge in [0.25, 0.3) is 10.0 Å². The summed E-state index contributed by atoms with van der Waals surface area (Å²) in [7, 11) is -3.76.